The molecule has 2 rings (SSSR count). The first-order valence-corrected chi connectivity index (χ1v) is 6.13. The van der Waals surface area contributed by atoms with Crippen molar-refractivity contribution in [2.45, 2.75) is 0 Å². The van der Waals surface area contributed by atoms with Crippen molar-refractivity contribution in [2.24, 2.45) is 0 Å². The predicted octanol–water partition coefficient (Wildman–Crippen LogP) is 2.69. The monoisotopic (exact) mass is 295 g/mol. The quantitative estimate of drug-likeness (QED) is 0.862. The Morgan fingerprint density at radius 3 is 3.00 bits per heavy atom. The second kappa shape index (κ2) is 5.84. The number of methoxy groups -OCH3 is 1. The number of aromatic nitrogens is 2. The van der Waals surface area contributed by atoms with E-state index in [4.69, 9.17) is 4.74 Å². The van der Waals surface area contributed by atoms with Gasteiger partial charge in [-0.3, -0.25) is 4.57 Å². The van der Waals surface area contributed by atoms with Gasteiger partial charge in [0.25, 0.3) is 0 Å². The summed E-state index contributed by atoms with van der Waals surface area (Å²) < 4.78 is 8.04. The molecule has 17 heavy (non-hydrogen) atoms. The zero-order valence-corrected chi connectivity index (χ0v) is 11.1. The third kappa shape index (κ3) is 2.87. The molecule has 0 aliphatic heterocycles. The van der Waals surface area contributed by atoms with E-state index in [-0.39, 0.29) is 0 Å². The summed E-state index contributed by atoms with van der Waals surface area (Å²) in [4.78, 5) is 4.28. The molecule has 90 valence electrons. The second-order valence-corrected chi connectivity index (χ2v) is 4.35. The maximum Gasteiger partial charge on any atom is 0.207 e. The van der Waals surface area contributed by atoms with Gasteiger partial charge < -0.3 is 10.1 Å². The van der Waals surface area contributed by atoms with Gasteiger partial charge in [0.05, 0.1) is 12.3 Å². The van der Waals surface area contributed by atoms with Crippen molar-refractivity contribution in [3.8, 4) is 5.69 Å². The minimum Gasteiger partial charge on any atom is -0.383 e. The van der Waals surface area contributed by atoms with E-state index in [1.54, 1.807) is 13.3 Å². The third-order valence-corrected chi connectivity index (χ3v) is 3.01. The van der Waals surface area contributed by atoms with E-state index in [1.165, 1.54) is 0 Å². The molecule has 0 radical (unpaired) electrons. The molecule has 0 aliphatic carbocycles. The molecule has 0 saturated carbocycles. The summed E-state index contributed by atoms with van der Waals surface area (Å²) in [6.07, 6.45) is 3.70. The van der Waals surface area contributed by atoms with Crippen LogP contribution >= 0.6 is 15.9 Å². The Hall–Kier alpha value is -1.33. The van der Waals surface area contributed by atoms with Gasteiger partial charge in [0.2, 0.25) is 5.95 Å². The molecule has 0 spiro atoms. The maximum atomic E-state index is 5.00. The number of ether oxygens (including phenoxy) is 1. The van der Waals surface area contributed by atoms with Gasteiger partial charge in [0.1, 0.15) is 0 Å². The molecule has 2 aromatic rings. The highest BCUT2D eigenvalue weighted by atomic mass is 79.9. The van der Waals surface area contributed by atoms with Gasteiger partial charge in [-0.05, 0) is 28.1 Å². The number of anilines is 1. The van der Waals surface area contributed by atoms with Crippen molar-refractivity contribution in [3.05, 3.63) is 41.1 Å². The van der Waals surface area contributed by atoms with Gasteiger partial charge in [0.15, 0.2) is 0 Å². The number of nitrogens with zero attached hydrogens (tertiary/aromatic N) is 2. The molecule has 5 heteroatoms. The topological polar surface area (TPSA) is 39.1 Å². The SMILES string of the molecule is COCCNc1nccn1-c1ccccc1Br. The van der Waals surface area contributed by atoms with E-state index < -0.39 is 0 Å². The summed E-state index contributed by atoms with van der Waals surface area (Å²) >= 11 is 3.53. The van der Waals surface area contributed by atoms with Crippen LogP contribution < -0.4 is 5.32 Å². The molecule has 0 amide bonds. The number of rotatable bonds is 5. The van der Waals surface area contributed by atoms with Crippen molar-refractivity contribution in [1.29, 1.82) is 0 Å². The normalized spacial score (nSPS) is 10.5. The first-order chi connectivity index (χ1) is 8.33. The zero-order valence-electron chi connectivity index (χ0n) is 9.56. The molecule has 0 aliphatic rings. The number of para-hydroxylation sites is 1. The van der Waals surface area contributed by atoms with Gasteiger partial charge in [-0.2, -0.15) is 0 Å². The number of imidazole rings is 1. The summed E-state index contributed by atoms with van der Waals surface area (Å²) in [5.41, 5.74) is 1.06. The van der Waals surface area contributed by atoms with Gasteiger partial charge in [-0.25, -0.2) is 4.98 Å². The molecule has 0 atom stereocenters. The molecule has 1 aromatic heterocycles. The minimum atomic E-state index is 0.656. The maximum absolute atomic E-state index is 5.00. The first-order valence-electron chi connectivity index (χ1n) is 5.34. The number of benzene rings is 1. The molecular formula is C12H14BrN3O. The van der Waals surface area contributed by atoms with E-state index in [0.717, 1.165) is 22.7 Å². The molecule has 4 nitrogen and oxygen atoms in total. The predicted molar refractivity (Wildman–Crippen MR) is 71.6 cm³/mol. The van der Waals surface area contributed by atoms with Crippen LogP contribution in [0.25, 0.3) is 5.69 Å². The summed E-state index contributed by atoms with van der Waals surface area (Å²) in [6, 6.07) is 8.03. The molecule has 0 bridgehead atoms. The van der Waals surface area contributed by atoms with Crippen LogP contribution in [0, 0.1) is 0 Å². The smallest absolute Gasteiger partial charge is 0.207 e. The average Bonchev–Trinajstić information content (AvgIpc) is 2.78. The third-order valence-electron chi connectivity index (χ3n) is 2.34. The highest BCUT2D eigenvalue weighted by molar-refractivity contribution is 9.10. The summed E-state index contributed by atoms with van der Waals surface area (Å²) in [6.45, 7) is 1.39. The van der Waals surface area contributed by atoms with Crippen molar-refractivity contribution >= 4 is 21.9 Å². The standard InChI is InChI=1S/C12H14BrN3O/c1-17-9-7-15-12-14-6-8-16(12)11-5-3-2-4-10(11)13/h2-6,8H,7,9H2,1H3,(H,14,15). The Morgan fingerprint density at radius 1 is 1.41 bits per heavy atom. The van der Waals surface area contributed by atoms with E-state index in [0.29, 0.717) is 6.61 Å². The number of hydrogen-bond donors (Lipinski definition) is 1. The fraction of sp³-hybridized carbons (Fsp3) is 0.250. The summed E-state index contributed by atoms with van der Waals surface area (Å²) in [5, 5.41) is 3.23. The highest BCUT2D eigenvalue weighted by Gasteiger charge is 2.06. The van der Waals surface area contributed by atoms with Crippen LogP contribution in [-0.4, -0.2) is 29.8 Å². The lowest BCUT2D eigenvalue weighted by Gasteiger charge is -2.10. The Labute approximate surface area is 109 Å². The number of nitrogens with one attached hydrogen (secondary N) is 1. The lowest BCUT2D eigenvalue weighted by molar-refractivity contribution is 0.210. The van der Waals surface area contributed by atoms with Gasteiger partial charge >= 0.3 is 0 Å². The van der Waals surface area contributed by atoms with Crippen molar-refractivity contribution in [3.63, 3.8) is 0 Å². The van der Waals surface area contributed by atoms with Gasteiger partial charge in [0, 0.05) is 30.5 Å². The molecule has 1 heterocycles. The molecule has 0 saturated heterocycles. The number of halogens is 1. The van der Waals surface area contributed by atoms with Crippen LogP contribution in [0.3, 0.4) is 0 Å². The van der Waals surface area contributed by atoms with Crippen molar-refractivity contribution < 1.29 is 4.74 Å². The Morgan fingerprint density at radius 2 is 2.24 bits per heavy atom. The summed E-state index contributed by atoms with van der Waals surface area (Å²) in [5.74, 6) is 0.814. The Kier molecular flexibility index (Phi) is 4.17. The largest absolute Gasteiger partial charge is 0.383 e. The average molecular weight is 296 g/mol. The fourth-order valence-electron chi connectivity index (χ4n) is 1.54. The second-order valence-electron chi connectivity index (χ2n) is 3.49. The van der Waals surface area contributed by atoms with Gasteiger partial charge in [-0.1, -0.05) is 12.1 Å². The van der Waals surface area contributed by atoms with E-state index >= 15 is 0 Å². The van der Waals surface area contributed by atoms with Crippen LogP contribution in [0.15, 0.2) is 41.1 Å². The van der Waals surface area contributed by atoms with Crippen LogP contribution in [0.5, 0.6) is 0 Å². The van der Waals surface area contributed by atoms with Crippen LogP contribution in [0.2, 0.25) is 0 Å². The van der Waals surface area contributed by atoms with Crippen LogP contribution in [-0.2, 0) is 4.74 Å². The lowest BCUT2D eigenvalue weighted by atomic mass is 10.3. The zero-order chi connectivity index (χ0) is 12.1. The first kappa shape index (κ1) is 12.1. The van der Waals surface area contributed by atoms with Crippen molar-refractivity contribution in [1.82, 2.24) is 9.55 Å². The highest BCUT2D eigenvalue weighted by Crippen LogP contribution is 2.23. The van der Waals surface area contributed by atoms with Crippen LogP contribution in [0.1, 0.15) is 0 Å². The summed E-state index contributed by atoms with van der Waals surface area (Å²) in [7, 11) is 1.68. The van der Waals surface area contributed by atoms with Gasteiger partial charge in [-0.15, -0.1) is 0 Å². The van der Waals surface area contributed by atoms with E-state index in [9.17, 15) is 0 Å². The molecular weight excluding hydrogens is 282 g/mol. The minimum absolute atomic E-state index is 0.656. The Bertz CT molecular complexity index is 484. The van der Waals surface area contributed by atoms with E-state index in [1.807, 2.05) is 35.0 Å². The molecule has 0 fully saturated rings. The van der Waals surface area contributed by atoms with Crippen LogP contribution in [0.4, 0.5) is 5.95 Å². The van der Waals surface area contributed by atoms with Crippen molar-refractivity contribution in [2.75, 3.05) is 25.6 Å². The fourth-order valence-corrected chi connectivity index (χ4v) is 2.02. The number of hydrogen-bond acceptors (Lipinski definition) is 3. The molecule has 1 N–H and O–H groups in total. The molecule has 0 unspecified atom stereocenters. The molecule has 1 aromatic carbocycles. The Balaban J connectivity index is 2.22. The van der Waals surface area contributed by atoms with E-state index in [2.05, 4.69) is 26.2 Å². The lowest BCUT2D eigenvalue weighted by Crippen LogP contribution is -2.11.